The van der Waals surface area contributed by atoms with Crippen LogP contribution in [0.4, 0.5) is 5.00 Å². The van der Waals surface area contributed by atoms with Crippen molar-refractivity contribution in [3.05, 3.63) is 17.0 Å². The Bertz CT molecular complexity index is 355. The van der Waals surface area contributed by atoms with Gasteiger partial charge in [0.05, 0.1) is 10.6 Å². The number of amides is 1. The Morgan fingerprint density at radius 2 is 2.07 bits per heavy atom. The molecular formula is C10H15N3OS. The van der Waals surface area contributed by atoms with E-state index in [1.54, 1.807) is 6.07 Å². The van der Waals surface area contributed by atoms with Crippen LogP contribution in [0, 0.1) is 0 Å². The Balaban J connectivity index is 2.06. The van der Waals surface area contributed by atoms with Crippen LogP contribution in [-0.4, -0.2) is 48.9 Å². The van der Waals surface area contributed by atoms with Gasteiger partial charge in [-0.05, 0) is 18.5 Å². The number of thiophene rings is 1. The van der Waals surface area contributed by atoms with Crippen molar-refractivity contribution in [1.29, 1.82) is 0 Å². The molecule has 2 N–H and O–H groups in total. The minimum atomic E-state index is 0.0712. The number of likely N-dealkylation sites (N-methyl/N-ethyl adjacent to an activating group) is 1. The molecule has 82 valence electrons. The fourth-order valence-corrected chi connectivity index (χ4v) is 2.31. The van der Waals surface area contributed by atoms with E-state index in [4.69, 9.17) is 5.73 Å². The molecule has 1 amide bonds. The molecule has 0 saturated carbocycles. The molecule has 1 aliphatic heterocycles. The predicted octanol–water partition coefficient (Wildman–Crippen LogP) is 0.718. The van der Waals surface area contributed by atoms with Gasteiger partial charge in [0.1, 0.15) is 0 Å². The zero-order chi connectivity index (χ0) is 10.8. The highest BCUT2D eigenvalue weighted by molar-refractivity contribution is 7.14. The zero-order valence-corrected chi connectivity index (χ0v) is 9.59. The SMILES string of the molecule is CN1CCN(C(=O)c2ccsc2N)CC1. The van der Waals surface area contributed by atoms with Crippen molar-refractivity contribution < 1.29 is 4.79 Å². The summed E-state index contributed by atoms with van der Waals surface area (Å²) in [5.41, 5.74) is 6.39. The molecule has 1 saturated heterocycles. The lowest BCUT2D eigenvalue weighted by molar-refractivity contribution is 0.0665. The van der Waals surface area contributed by atoms with Gasteiger partial charge in [0.2, 0.25) is 0 Å². The van der Waals surface area contributed by atoms with Crippen molar-refractivity contribution >= 4 is 22.2 Å². The van der Waals surface area contributed by atoms with Crippen LogP contribution < -0.4 is 5.73 Å². The number of carbonyl (C=O) groups excluding carboxylic acids is 1. The van der Waals surface area contributed by atoms with Crippen LogP contribution in [0.2, 0.25) is 0 Å². The molecule has 2 heterocycles. The summed E-state index contributed by atoms with van der Waals surface area (Å²) in [7, 11) is 2.07. The number of rotatable bonds is 1. The van der Waals surface area contributed by atoms with E-state index in [1.807, 2.05) is 10.3 Å². The Morgan fingerprint density at radius 1 is 1.40 bits per heavy atom. The molecule has 1 aromatic heterocycles. The fraction of sp³-hybridized carbons (Fsp3) is 0.500. The van der Waals surface area contributed by atoms with Gasteiger partial charge in [0, 0.05) is 26.2 Å². The van der Waals surface area contributed by atoms with Gasteiger partial charge in [-0.1, -0.05) is 0 Å². The summed E-state index contributed by atoms with van der Waals surface area (Å²) in [6.07, 6.45) is 0. The van der Waals surface area contributed by atoms with E-state index in [0.29, 0.717) is 10.6 Å². The molecule has 15 heavy (non-hydrogen) atoms. The van der Waals surface area contributed by atoms with Crippen molar-refractivity contribution in [2.75, 3.05) is 39.0 Å². The van der Waals surface area contributed by atoms with Gasteiger partial charge in [-0.25, -0.2) is 0 Å². The standard InChI is InChI=1S/C10H15N3OS/c1-12-3-5-13(6-4-12)10(14)8-2-7-15-9(8)11/h2,7H,3-6,11H2,1H3. The first-order valence-electron chi connectivity index (χ1n) is 4.99. The van der Waals surface area contributed by atoms with E-state index in [-0.39, 0.29) is 5.91 Å². The van der Waals surface area contributed by atoms with Crippen molar-refractivity contribution in [3.63, 3.8) is 0 Å². The lowest BCUT2D eigenvalue weighted by Gasteiger charge is -2.32. The molecule has 0 aromatic carbocycles. The molecule has 1 aliphatic rings. The van der Waals surface area contributed by atoms with Crippen LogP contribution >= 0.6 is 11.3 Å². The third-order valence-electron chi connectivity index (χ3n) is 2.72. The van der Waals surface area contributed by atoms with Gasteiger partial charge in [0.25, 0.3) is 5.91 Å². The van der Waals surface area contributed by atoms with E-state index in [9.17, 15) is 4.79 Å². The quantitative estimate of drug-likeness (QED) is 0.766. The molecule has 0 unspecified atom stereocenters. The fourth-order valence-electron chi connectivity index (χ4n) is 1.68. The van der Waals surface area contributed by atoms with Crippen LogP contribution in [0.5, 0.6) is 0 Å². The lowest BCUT2D eigenvalue weighted by atomic mass is 10.2. The summed E-state index contributed by atoms with van der Waals surface area (Å²) >= 11 is 1.42. The summed E-state index contributed by atoms with van der Waals surface area (Å²) in [5, 5.41) is 2.48. The highest BCUT2D eigenvalue weighted by Gasteiger charge is 2.22. The molecule has 0 atom stereocenters. The Morgan fingerprint density at radius 3 is 2.60 bits per heavy atom. The maximum atomic E-state index is 12.0. The smallest absolute Gasteiger partial charge is 0.256 e. The van der Waals surface area contributed by atoms with Crippen molar-refractivity contribution in [1.82, 2.24) is 9.80 Å². The highest BCUT2D eigenvalue weighted by atomic mass is 32.1. The Labute approximate surface area is 93.3 Å². The van der Waals surface area contributed by atoms with Crippen LogP contribution in [0.15, 0.2) is 11.4 Å². The first-order valence-corrected chi connectivity index (χ1v) is 5.87. The van der Waals surface area contributed by atoms with E-state index >= 15 is 0 Å². The third kappa shape index (κ3) is 2.13. The summed E-state index contributed by atoms with van der Waals surface area (Å²) in [6.45, 7) is 3.47. The first kappa shape index (κ1) is 10.4. The van der Waals surface area contributed by atoms with Gasteiger partial charge in [0.15, 0.2) is 0 Å². The normalized spacial score (nSPS) is 18.1. The van der Waals surface area contributed by atoms with Crippen LogP contribution in [0.3, 0.4) is 0 Å². The average molecular weight is 225 g/mol. The largest absolute Gasteiger partial charge is 0.390 e. The molecule has 0 spiro atoms. The Kier molecular flexibility index (Phi) is 2.93. The third-order valence-corrected chi connectivity index (χ3v) is 3.46. The van der Waals surface area contributed by atoms with Gasteiger partial charge in [-0.3, -0.25) is 4.79 Å². The lowest BCUT2D eigenvalue weighted by Crippen LogP contribution is -2.47. The average Bonchev–Trinajstić information content (AvgIpc) is 2.65. The second-order valence-electron chi connectivity index (χ2n) is 3.79. The van der Waals surface area contributed by atoms with Crippen molar-refractivity contribution in [3.8, 4) is 0 Å². The van der Waals surface area contributed by atoms with Gasteiger partial charge < -0.3 is 15.5 Å². The molecular weight excluding hydrogens is 210 g/mol. The number of carbonyl (C=O) groups is 1. The molecule has 4 nitrogen and oxygen atoms in total. The number of nitrogen functional groups attached to an aromatic ring is 1. The molecule has 1 aromatic rings. The monoisotopic (exact) mass is 225 g/mol. The van der Waals surface area contributed by atoms with Crippen molar-refractivity contribution in [2.45, 2.75) is 0 Å². The van der Waals surface area contributed by atoms with E-state index in [2.05, 4.69) is 11.9 Å². The number of nitrogens with zero attached hydrogens (tertiary/aromatic N) is 2. The zero-order valence-electron chi connectivity index (χ0n) is 8.77. The molecule has 1 fully saturated rings. The van der Waals surface area contributed by atoms with Crippen LogP contribution in [0.1, 0.15) is 10.4 Å². The Hall–Kier alpha value is -1.07. The minimum absolute atomic E-state index is 0.0712. The minimum Gasteiger partial charge on any atom is -0.390 e. The summed E-state index contributed by atoms with van der Waals surface area (Å²) in [5.74, 6) is 0.0712. The number of hydrogen-bond donors (Lipinski definition) is 1. The molecule has 0 bridgehead atoms. The molecule has 0 aliphatic carbocycles. The number of anilines is 1. The van der Waals surface area contributed by atoms with Gasteiger partial charge >= 0.3 is 0 Å². The van der Waals surface area contributed by atoms with E-state index in [1.165, 1.54) is 11.3 Å². The predicted molar refractivity (Wildman–Crippen MR) is 62.1 cm³/mol. The van der Waals surface area contributed by atoms with Crippen LogP contribution in [-0.2, 0) is 0 Å². The van der Waals surface area contributed by atoms with Gasteiger partial charge in [-0.15, -0.1) is 11.3 Å². The maximum Gasteiger partial charge on any atom is 0.256 e. The van der Waals surface area contributed by atoms with E-state index < -0.39 is 0 Å². The maximum absolute atomic E-state index is 12.0. The molecule has 0 radical (unpaired) electrons. The van der Waals surface area contributed by atoms with Crippen molar-refractivity contribution in [2.24, 2.45) is 0 Å². The molecule has 5 heteroatoms. The summed E-state index contributed by atoms with van der Waals surface area (Å²) in [6, 6.07) is 1.81. The molecule has 2 rings (SSSR count). The number of hydrogen-bond acceptors (Lipinski definition) is 4. The summed E-state index contributed by atoms with van der Waals surface area (Å²) < 4.78 is 0. The second kappa shape index (κ2) is 4.20. The highest BCUT2D eigenvalue weighted by Crippen LogP contribution is 2.21. The number of piperazine rings is 1. The number of nitrogens with two attached hydrogens (primary N) is 1. The second-order valence-corrected chi connectivity index (χ2v) is 4.74. The van der Waals surface area contributed by atoms with E-state index in [0.717, 1.165) is 26.2 Å². The van der Waals surface area contributed by atoms with Gasteiger partial charge in [-0.2, -0.15) is 0 Å². The summed E-state index contributed by atoms with van der Waals surface area (Å²) in [4.78, 5) is 16.1. The topological polar surface area (TPSA) is 49.6 Å². The first-order chi connectivity index (χ1) is 7.18. The van der Waals surface area contributed by atoms with Crippen LogP contribution in [0.25, 0.3) is 0 Å².